The van der Waals surface area contributed by atoms with Crippen molar-refractivity contribution in [2.75, 3.05) is 6.61 Å². The molecular weight excluding hydrogens is 172 g/mol. The summed E-state index contributed by atoms with van der Waals surface area (Å²) in [5.74, 6) is 2.24. The molecule has 4 unspecified atom stereocenters. The Morgan fingerprint density at radius 2 is 2.07 bits per heavy atom. The Labute approximate surface area is 88.5 Å². The lowest BCUT2D eigenvalue weighted by atomic mass is 9.74. The molecule has 14 heavy (non-hydrogen) atoms. The van der Waals surface area contributed by atoms with Crippen LogP contribution in [0.4, 0.5) is 0 Å². The Morgan fingerprint density at radius 3 is 2.64 bits per heavy atom. The van der Waals surface area contributed by atoms with Crippen molar-refractivity contribution in [2.24, 2.45) is 17.8 Å². The van der Waals surface area contributed by atoms with Crippen LogP contribution in [0.2, 0.25) is 0 Å². The second kappa shape index (κ2) is 5.55. The molecule has 0 aromatic heterocycles. The van der Waals surface area contributed by atoms with Crippen molar-refractivity contribution < 1.29 is 4.74 Å². The zero-order valence-corrected chi connectivity index (χ0v) is 9.83. The number of hydrogen-bond donors (Lipinski definition) is 0. The van der Waals surface area contributed by atoms with Gasteiger partial charge in [0.05, 0.1) is 6.10 Å². The van der Waals surface area contributed by atoms with Gasteiger partial charge in [-0.1, -0.05) is 26.3 Å². The molecule has 0 aromatic carbocycles. The fraction of sp³-hybridized carbons (Fsp3) is 0.846. The SMILES string of the molecule is C=CCC1C(C)OCC(C)C1CCC. The standard InChI is InChI=1S/C13H24O/c1-5-7-12-10(3)9-14-11(4)13(12)8-6-2/h6,10-13H,2,5,7-9H2,1,3-4H3. The van der Waals surface area contributed by atoms with Crippen LogP contribution in [-0.4, -0.2) is 12.7 Å². The van der Waals surface area contributed by atoms with E-state index in [0.29, 0.717) is 12.0 Å². The molecule has 1 aliphatic rings. The number of ether oxygens (including phenoxy) is 1. The van der Waals surface area contributed by atoms with E-state index in [2.05, 4.69) is 27.4 Å². The zero-order valence-electron chi connectivity index (χ0n) is 9.83. The molecule has 0 bridgehead atoms. The highest BCUT2D eigenvalue weighted by atomic mass is 16.5. The van der Waals surface area contributed by atoms with Crippen LogP contribution in [0.3, 0.4) is 0 Å². The second-order valence-corrected chi connectivity index (χ2v) is 4.66. The largest absolute Gasteiger partial charge is 0.378 e. The molecular formula is C13H24O. The maximum Gasteiger partial charge on any atom is 0.0581 e. The third kappa shape index (κ3) is 2.60. The fourth-order valence-electron chi connectivity index (χ4n) is 2.71. The van der Waals surface area contributed by atoms with Gasteiger partial charge in [-0.3, -0.25) is 0 Å². The van der Waals surface area contributed by atoms with Crippen molar-refractivity contribution in [3.05, 3.63) is 12.7 Å². The van der Waals surface area contributed by atoms with Crippen molar-refractivity contribution >= 4 is 0 Å². The van der Waals surface area contributed by atoms with Crippen LogP contribution in [0.15, 0.2) is 12.7 Å². The minimum atomic E-state index is 0.417. The van der Waals surface area contributed by atoms with Gasteiger partial charge in [-0.15, -0.1) is 6.58 Å². The molecule has 0 amide bonds. The molecule has 1 aliphatic heterocycles. The topological polar surface area (TPSA) is 9.23 Å². The van der Waals surface area contributed by atoms with E-state index < -0.39 is 0 Å². The van der Waals surface area contributed by atoms with Crippen molar-refractivity contribution in [3.8, 4) is 0 Å². The first-order chi connectivity index (χ1) is 6.70. The van der Waals surface area contributed by atoms with Gasteiger partial charge >= 0.3 is 0 Å². The molecule has 1 nitrogen and oxygen atoms in total. The third-order valence-electron chi connectivity index (χ3n) is 3.57. The molecule has 82 valence electrons. The smallest absolute Gasteiger partial charge is 0.0581 e. The average molecular weight is 196 g/mol. The van der Waals surface area contributed by atoms with E-state index in [4.69, 9.17) is 4.74 Å². The van der Waals surface area contributed by atoms with Crippen LogP contribution >= 0.6 is 0 Å². The summed E-state index contributed by atoms with van der Waals surface area (Å²) in [5, 5.41) is 0. The summed E-state index contributed by atoms with van der Waals surface area (Å²) in [4.78, 5) is 0. The molecule has 1 heterocycles. The van der Waals surface area contributed by atoms with Crippen molar-refractivity contribution in [3.63, 3.8) is 0 Å². The molecule has 0 spiro atoms. The Morgan fingerprint density at radius 1 is 1.36 bits per heavy atom. The molecule has 1 heteroatoms. The highest BCUT2D eigenvalue weighted by Crippen LogP contribution is 2.36. The normalized spacial score (nSPS) is 38.2. The first kappa shape index (κ1) is 11.8. The maximum absolute atomic E-state index is 5.78. The van der Waals surface area contributed by atoms with E-state index in [0.717, 1.165) is 24.9 Å². The van der Waals surface area contributed by atoms with Gasteiger partial charge in [0.15, 0.2) is 0 Å². The van der Waals surface area contributed by atoms with Gasteiger partial charge in [0.25, 0.3) is 0 Å². The molecule has 0 N–H and O–H groups in total. The average Bonchev–Trinajstić information content (AvgIpc) is 2.17. The third-order valence-corrected chi connectivity index (χ3v) is 3.57. The lowest BCUT2D eigenvalue weighted by molar-refractivity contribution is -0.0791. The highest BCUT2D eigenvalue weighted by molar-refractivity contribution is 4.87. The lowest BCUT2D eigenvalue weighted by Gasteiger charge is -2.40. The molecule has 0 radical (unpaired) electrons. The number of rotatable bonds is 4. The van der Waals surface area contributed by atoms with Gasteiger partial charge in [0.1, 0.15) is 0 Å². The monoisotopic (exact) mass is 196 g/mol. The lowest BCUT2D eigenvalue weighted by Crippen LogP contribution is -2.39. The van der Waals surface area contributed by atoms with Crippen LogP contribution in [0.5, 0.6) is 0 Å². The van der Waals surface area contributed by atoms with Crippen molar-refractivity contribution in [1.82, 2.24) is 0 Å². The predicted molar refractivity (Wildman–Crippen MR) is 61.3 cm³/mol. The predicted octanol–water partition coefficient (Wildman–Crippen LogP) is 3.65. The molecule has 1 saturated heterocycles. The van der Waals surface area contributed by atoms with Gasteiger partial charge in [0.2, 0.25) is 0 Å². The first-order valence-electron chi connectivity index (χ1n) is 5.93. The summed E-state index contributed by atoms with van der Waals surface area (Å²) in [6, 6.07) is 0. The Kier molecular flexibility index (Phi) is 4.67. The van der Waals surface area contributed by atoms with Crippen LogP contribution in [0, 0.1) is 17.8 Å². The van der Waals surface area contributed by atoms with Crippen molar-refractivity contribution in [1.29, 1.82) is 0 Å². The first-order valence-corrected chi connectivity index (χ1v) is 5.93. The molecule has 4 atom stereocenters. The summed E-state index contributed by atoms with van der Waals surface area (Å²) in [6.07, 6.45) is 6.20. The van der Waals surface area contributed by atoms with Gasteiger partial charge in [-0.2, -0.15) is 0 Å². The highest BCUT2D eigenvalue weighted by Gasteiger charge is 2.34. The van der Waals surface area contributed by atoms with E-state index >= 15 is 0 Å². The van der Waals surface area contributed by atoms with Crippen LogP contribution in [-0.2, 0) is 4.74 Å². The summed E-state index contributed by atoms with van der Waals surface area (Å²) >= 11 is 0. The quantitative estimate of drug-likeness (QED) is 0.624. The van der Waals surface area contributed by atoms with Gasteiger partial charge in [0, 0.05) is 6.61 Å². The van der Waals surface area contributed by atoms with Crippen LogP contribution in [0.25, 0.3) is 0 Å². The van der Waals surface area contributed by atoms with Gasteiger partial charge in [-0.25, -0.2) is 0 Å². The number of hydrogen-bond acceptors (Lipinski definition) is 1. The summed E-state index contributed by atoms with van der Waals surface area (Å²) < 4.78 is 5.78. The van der Waals surface area contributed by atoms with E-state index in [1.165, 1.54) is 12.8 Å². The van der Waals surface area contributed by atoms with E-state index in [-0.39, 0.29) is 0 Å². The molecule has 0 aromatic rings. The van der Waals surface area contributed by atoms with E-state index in [9.17, 15) is 0 Å². The summed E-state index contributed by atoms with van der Waals surface area (Å²) in [6.45, 7) is 11.6. The molecule has 1 fully saturated rings. The van der Waals surface area contributed by atoms with Gasteiger partial charge < -0.3 is 4.74 Å². The maximum atomic E-state index is 5.78. The molecule has 0 saturated carbocycles. The van der Waals surface area contributed by atoms with Gasteiger partial charge in [-0.05, 0) is 37.5 Å². The second-order valence-electron chi connectivity index (χ2n) is 4.66. The van der Waals surface area contributed by atoms with Crippen LogP contribution in [0.1, 0.15) is 40.0 Å². The Balaban J connectivity index is 2.64. The minimum absolute atomic E-state index is 0.417. The van der Waals surface area contributed by atoms with Crippen molar-refractivity contribution in [2.45, 2.75) is 46.1 Å². The zero-order chi connectivity index (χ0) is 10.6. The molecule has 1 rings (SSSR count). The minimum Gasteiger partial charge on any atom is -0.378 e. The summed E-state index contributed by atoms with van der Waals surface area (Å²) in [5.41, 5.74) is 0. The van der Waals surface area contributed by atoms with E-state index in [1.54, 1.807) is 0 Å². The Hall–Kier alpha value is -0.300. The molecule has 0 aliphatic carbocycles. The summed E-state index contributed by atoms with van der Waals surface area (Å²) in [7, 11) is 0. The fourth-order valence-corrected chi connectivity index (χ4v) is 2.71. The Bertz CT molecular complexity index is 176. The van der Waals surface area contributed by atoms with E-state index in [1.807, 2.05) is 6.08 Å². The van der Waals surface area contributed by atoms with Crippen LogP contribution < -0.4 is 0 Å². The number of allylic oxidation sites excluding steroid dienone is 1.